The number of nitrogens with one attached hydrogen (secondary N) is 1. The first-order valence-electron chi connectivity index (χ1n) is 11.6. The normalized spacial score (nSPS) is 14.0. The number of para-hydroxylation sites is 1. The first-order valence-corrected chi connectivity index (χ1v) is 11.6. The third-order valence-electron chi connectivity index (χ3n) is 5.75. The Morgan fingerprint density at radius 1 is 1.16 bits per heavy atom. The van der Waals surface area contributed by atoms with Gasteiger partial charge in [0.25, 0.3) is 5.71 Å². The summed E-state index contributed by atoms with van der Waals surface area (Å²) < 4.78 is 11.1. The summed E-state index contributed by atoms with van der Waals surface area (Å²) in [4.78, 5) is 24.2. The SMILES string of the molecule is CCOc1ccccc1CNC(=O)CCc1nc(N2CCCCC2)c2c(CC)noc2n1. The summed E-state index contributed by atoms with van der Waals surface area (Å²) in [6.45, 7) is 6.96. The zero-order valence-electron chi connectivity index (χ0n) is 18.9. The second-order valence-electron chi connectivity index (χ2n) is 7.99. The molecule has 0 unspecified atom stereocenters. The Morgan fingerprint density at radius 3 is 2.75 bits per heavy atom. The van der Waals surface area contributed by atoms with E-state index in [-0.39, 0.29) is 5.91 Å². The van der Waals surface area contributed by atoms with Crippen molar-refractivity contribution in [3.8, 4) is 5.75 Å². The number of nitrogens with zero attached hydrogens (tertiary/aromatic N) is 4. The number of fused-ring (bicyclic) bond motifs is 1. The van der Waals surface area contributed by atoms with Crippen LogP contribution in [0.25, 0.3) is 11.1 Å². The average molecular weight is 438 g/mol. The zero-order chi connectivity index (χ0) is 22.3. The molecule has 4 rings (SSSR count). The highest BCUT2D eigenvalue weighted by Gasteiger charge is 2.22. The summed E-state index contributed by atoms with van der Waals surface area (Å²) >= 11 is 0. The molecule has 0 bridgehead atoms. The molecular weight excluding hydrogens is 406 g/mol. The van der Waals surface area contributed by atoms with Gasteiger partial charge in [-0.3, -0.25) is 4.79 Å². The van der Waals surface area contributed by atoms with E-state index in [1.165, 1.54) is 6.42 Å². The standard InChI is InChI=1S/C24H31N5O3/c1-3-18-22-23(29-14-8-5-9-15-29)26-20(27-24(22)32-28-18)12-13-21(30)25-16-17-10-6-7-11-19(17)31-4-2/h6-7,10-11H,3-5,8-9,12-16H2,1-2H3,(H,25,30). The van der Waals surface area contributed by atoms with Gasteiger partial charge >= 0.3 is 0 Å². The lowest BCUT2D eigenvalue weighted by Crippen LogP contribution is -2.31. The highest BCUT2D eigenvalue weighted by molar-refractivity contribution is 5.88. The van der Waals surface area contributed by atoms with E-state index in [0.717, 1.165) is 60.6 Å². The molecule has 8 heteroatoms. The summed E-state index contributed by atoms with van der Waals surface area (Å²) in [5, 5.41) is 8.08. The molecule has 0 aliphatic carbocycles. The summed E-state index contributed by atoms with van der Waals surface area (Å²) in [6, 6.07) is 7.74. The fourth-order valence-corrected chi connectivity index (χ4v) is 4.08. The fraction of sp³-hybridized carbons (Fsp3) is 0.500. The molecule has 1 aliphatic heterocycles. The lowest BCUT2D eigenvalue weighted by atomic mass is 10.1. The molecule has 1 aromatic carbocycles. The lowest BCUT2D eigenvalue weighted by molar-refractivity contribution is -0.121. The molecule has 0 radical (unpaired) electrons. The van der Waals surface area contributed by atoms with E-state index in [9.17, 15) is 4.79 Å². The molecule has 3 aromatic rings. The number of hydrogen-bond donors (Lipinski definition) is 1. The van der Waals surface area contributed by atoms with Crippen LogP contribution < -0.4 is 15.0 Å². The number of amides is 1. The number of aromatic nitrogens is 3. The molecule has 1 aliphatic rings. The van der Waals surface area contributed by atoms with E-state index in [0.29, 0.717) is 37.5 Å². The van der Waals surface area contributed by atoms with Gasteiger partial charge in [0.1, 0.15) is 22.8 Å². The van der Waals surface area contributed by atoms with E-state index in [2.05, 4.69) is 27.3 Å². The number of ether oxygens (including phenoxy) is 1. The fourth-order valence-electron chi connectivity index (χ4n) is 4.08. The van der Waals surface area contributed by atoms with E-state index in [1.54, 1.807) is 0 Å². The van der Waals surface area contributed by atoms with Gasteiger partial charge in [0, 0.05) is 38.0 Å². The summed E-state index contributed by atoms with van der Waals surface area (Å²) in [6.07, 6.45) is 5.06. The van der Waals surface area contributed by atoms with Crippen molar-refractivity contribution in [2.24, 2.45) is 0 Å². The number of hydrogen-bond acceptors (Lipinski definition) is 7. The molecule has 32 heavy (non-hydrogen) atoms. The van der Waals surface area contributed by atoms with Crippen LogP contribution in [0.2, 0.25) is 0 Å². The van der Waals surface area contributed by atoms with Crippen molar-refractivity contribution in [1.29, 1.82) is 0 Å². The monoisotopic (exact) mass is 437 g/mol. The minimum atomic E-state index is -0.0497. The zero-order valence-corrected chi connectivity index (χ0v) is 18.9. The third kappa shape index (κ3) is 5.00. The molecule has 3 heterocycles. The largest absolute Gasteiger partial charge is 0.494 e. The molecule has 0 spiro atoms. The van der Waals surface area contributed by atoms with Gasteiger partial charge in [-0.05, 0) is 38.7 Å². The second-order valence-corrected chi connectivity index (χ2v) is 7.99. The number of carbonyl (C=O) groups is 1. The van der Waals surface area contributed by atoms with Crippen molar-refractivity contribution in [3.05, 3.63) is 41.3 Å². The summed E-state index contributed by atoms with van der Waals surface area (Å²) in [5.41, 5.74) is 2.36. The lowest BCUT2D eigenvalue weighted by Gasteiger charge is -2.28. The van der Waals surface area contributed by atoms with Crippen molar-refractivity contribution in [1.82, 2.24) is 20.4 Å². The highest BCUT2D eigenvalue weighted by Crippen LogP contribution is 2.30. The van der Waals surface area contributed by atoms with Crippen molar-refractivity contribution in [2.45, 2.75) is 58.9 Å². The number of rotatable bonds is 9. The predicted molar refractivity (Wildman–Crippen MR) is 123 cm³/mol. The van der Waals surface area contributed by atoms with Gasteiger partial charge in [0.15, 0.2) is 0 Å². The maximum Gasteiger partial charge on any atom is 0.263 e. The van der Waals surface area contributed by atoms with E-state index in [4.69, 9.17) is 14.2 Å². The predicted octanol–water partition coefficient (Wildman–Crippen LogP) is 3.82. The van der Waals surface area contributed by atoms with Gasteiger partial charge in [-0.2, -0.15) is 4.98 Å². The van der Waals surface area contributed by atoms with E-state index >= 15 is 0 Å². The Balaban J connectivity index is 1.44. The minimum absolute atomic E-state index is 0.0497. The van der Waals surface area contributed by atoms with Crippen LogP contribution in [0.5, 0.6) is 5.75 Å². The van der Waals surface area contributed by atoms with Gasteiger partial charge in [0.2, 0.25) is 5.91 Å². The second kappa shape index (κ2) is 10.4. The Hall–Kier alpha value is -3.16. The Labute approximate surface area is 188 Å². The smallest absolute Gasteiger partial charge is 0.263 e. The molecule has 8 nitrogen and oxygen atoms in total. The minimum Gasteiger partial charge on any atom is -0.494 e. The van der Waals surface area contributed by atoms with Gasteiger partial charge in [-0.1, -0.05) is 30.3 Å². The number of carbonyl (C=O) groups excluding carboxylic acids is 1. The Kier molecular flexibility index (Phi) is 7.19. The number of piperidine rings is 1. The maximum atomic E-state index is 12.5. The van der Waals surface area contributed by atoms with E-state index in [1.807, 2.05) is 31.2 Å². The Morgan fingerprint density at radius 2 is 1.97 bits per heavy atom. The van der Waals surface area contributed by atoms with Gasteiger partial charge in [-0.25, -0.2) is 4.98 Å². The van der Waals surface area contributed by atoms with Crippen LogP contribution in [0, 0.1) is 0 Å². The maximum absolute atomic E-state index is 12.5. The first-order chi connectivity index (χ1) is 15.7. The van der Waals surface area contributed by atoms with Crippen LogP contribution in [-0.4, -0.2) is 40.7 Å². The molecule has 0 saturated carbocycles. The average Bonchev–Trinajstić information content (AvgIpc) is 3.25. The number of aryl methyl sites for hydroxylation is 2. The van der Waals surface area contributed by atoms with Crippen LogP contribution in [0.15, 0.2) is 28.8 Å². The molecule has 1 saturated heterocycles. The number of benzene rings is 1. The highest BCUT2D eigenvalue weighted by atomic mass is 16.5. The topological polar surface area (TPSA) is 93.4 Å². The van der Waals surface area contributed by atoms with Crippen LogP contribution in [0.3, 0.4) is 0 Å². The van der Waals surface area contributed by atoms with E-state index < -0.39 is 0 Å². The molecule has 0 atom stereocenters. The Bertz CT molecular complexity index is 1060. The van der Waals surface area contributed by atoms with Gasteiger partial charge in [-0.15, -0.1) is 0 Å². The summed E-state index contributed by atoms with van der Waals surface area (Å²) in [7, 11) is 0. The molecule has 1 N–H and O–H groups in total. The third-order valence-corrected chi connectivity index (χ3v) is 5.75. The van der Waals surface area contributed by atoms with Crippen LogP contribution in [0.4, 0.5) is 5.82 Å². The molecule has 1 fully saturated rings. The quantitative estimate of drug-likeness (QED) is 0.544. The van der Waals surface area contributed by atoms with Crippen LogP contribution in [0.1, 0.15) is 56.6 Å². The van der Waals surface area contributed by atoms with Crippen molar-refractivity contribution < 1.29 is 14.1 Å². The van der Waals surface area contributed by atoms with Crippen molar-refractivity contribution >= 4 is 22.8 Å². The summed E-state index contributed by atoms with van der Waals surface area (Å²) in [5.74, 6) is 2.26. The molecular formula is C24H31N5O3. The number of anilines is 1. The van der Waals surface area contributed by atoms with Crippen LogP contribution in [-0.2, 0) is 24.2 Å². The first kappa shape index (κ1) is 22.0. The molecule has 170 valence electrons. The van der Waals surface area contributed by atoms with Gasteiger partial charge < -0.3 is 19.5 Å². The van der Waals surface area contributed by atoms with Crippen molar-refractivity contribution in [3.63, 3.8) is 0 Å². The van der Waals surface area contributed by atoms with Crippen LogP contribution >= 0.6 is 0 Å². The van der Waals surface area contributed by atoms with Gasteiger partial charge in [0.05, 0.1) is 12.3 Å². The van der Waals surface area contributed by atoms with Crippen molar-refractivity contribution in [2.75, 3.05) is 24.6 Å². The molecule has 1 amide bonds. The molecule has 2 aromatic heterocycles.